The number of rotatable bonds is 5. The zero-order chi connectivity index (χ0) is 15.4. The summed E-state index contributed by atoms with van der Waals surface area (Å²) in [6.07, 6.45) is 0. The summed E-state index contributed by atoms with van der Waals surface area (Å²) < 4.78 is 0. The molecule has 110 valence electrons. The van der Waals surface area contributed by atoms with Crippen molar-refractivity contribution in [3.63, 3.8) is 0 Å². The van der Waals surface area contributed by atoms with Crippen molar-refractivity contribution < 1.29 is 9.72 Å². The van der Waals surface area contributed by atoms with E-state index in [1.807, 2.05) is 0 Å². The molecule has 0 aliphatic rings. The van der Waals surface area contributed by atoms with Gasteiger partial charge in [0, 0.05) is 12.1 Å². The van der Waals surface area contributed by atoms with Crippen LogP contribution in [0.5, 0.6) is 0 Å². The number of H-pyrrole nitrogens is 1. The highest BCUT2D eigenvalue weighted by atomic mass is 35.5. The number of non-ortho nitro benzene ring substituents is 1. The second-order valence-corrected chi connectivity index (χ2v) is 5.31. The highest BCUT2D eigenvalue weighted by Gasteiger charge is 2.13. The van der Waals surface area contributed by atoms with Gasteiger partial charge in [-0.2, -0.15) is 0 Å². The van der Waals surface area contributed by atoms with E-state index in [1.54, 1.807) is 6.92 Å². The Morgan fingerprint density at radius 2 is 2.33 bits per heavy atom. The number of carbonyl (C=O) groups is 1. The van der Waals surface area contributed by atoms with Gasteiger partial charge >= 0.3 is 0 Å². The molecule has 0 fully saturated rings. The summed E-state index contributed by atoms with van der Waals surface area (Å²) in [4.78, 5) is 26.0. The third-order valence-electron chi connectivity index (χ3n) is 2.34. The second-order valence-electron chi connectivity index (χ2n) is 3.96. The fourth-order valence-corrected chi connectivity index (χ4v) is 2.23. The predicted molar refractivity (Wildman–Crippen MR) is 78.6 cm³/mol. The second kappa shape index (κ2) is 6.55. The number of thioether (sulfide) groups is 1. The van der Waals surface area contributed by atoms with Crippen LogP contribution in [0, 0.1) is 17.0 Å². The number of carbonyl (C=O) groups excluding carboxylic acids is 1. The Bertz CT molecular complexity index is 690. The number of amides is 1. The molecule has 0 aliphatic heterocycles. The van der Waals surface area contributed by atoms with Crippen molar-refractivity contribution in [3.05, 3.63) is 39.2 Å². The zero-order valence-electron chi connectivity index (χ0n) is 10.8. The van der Waals surface area contributed by atoms with E-state index in [1.165, 1.54) is 18.2 Å². The number of hydrogen-bond acceptors (Lipinski definition) is 6. The summed E-state index contributed by atoms with van der Waals surface area (Å²) in [7, 11) is 0. The minimum atomic E-state index is -0.558. The van der Waals surface area contributed by atoms with Crippen LogP contribution < -0.4 is 5.32 Å². The Labute approximate surface area is 128 Å². The van der Waals surface area contributed by atoms with Gasteiger partial charge in [0.25, 0.3) is 5.69 Å². The van der Waals surface area contributed by atoms with E-state index >= 15 is 0 Å². The third kappa shape index (κ3) is 4.17. The molecule has 21 heavy (non-hydrogen) atoms. The molecule has 2 N–H and O–H groups in total. The lowest BCUT2D eigenvalue weighted by atomic mass is 10.3. The van der Waals surface area contributed by atoms with E-state index in [9.17, 15) is 14.9 Å². The van der Waals surface area contributed by atoms with E-state index in [0.29, 0.717) is 11.0 Å². The monoisotopic (exact) mass is 327 g/mol. The summed E-state index contributed by atoms with van der Waals surface area (Å²) in [6, 6.07) is 3.84. The summed E-state index contributed by atoms with van der Waals surface area (Å²) in [6.45, 7) is 1.75. The summed E-state index contributed by atoms with van der Waals surface area (Å²) in [5.41, 5.74) is 0.0505. The van der Waals surface area contributed by atoms with Crippen LogP contribution in [0.3, 0.4) is 0 Å². The number of nitro groups is 1. The number of hydrogen-bond donors (Lipinski definition) is 2. The first-order valence-electron chi connectivity index (χ1n) is 5.71. The molecule has 0 radical (unpaired) electrons. The summed E-state index contributed by atoms with van der Waals surface area (Å²) in [5, 5.41) is 20.4. The van der Waals surface area contributed by atoms with Gasteiger partial charge in [-0.05, 0) is 13.0 Å². The lowest BCUT2D eigenvalue weighted by molar-refractivity contribution is -0.384. The van der Waals surface area contributed by atoms with Crippen LogP contribution in [-0.4, -0.2) is 31.8 Å². The molecule has 0 unspecified atom stereocenters. The number of aromatic amines is 1. The van der Waals surface area contributed by atoms with Gasteiger partial charge in [-0.3, -0.25) is 20.0 Å². The molecule has 1 aromatic carbocycles. The van der Waals surface area contributed by atoms with Crippen molar-refractivity contribution in [1.82, 2.24) is 15.2 Å². The van der Waals surface area contributed by atoms with Crippen LogP contribution in [0.4, 0.5) is 11.4 Å². The normalized spacial score (nSPS) is 10.4. The molecule has 1 aromatic heterocycles. The van der Waals surface area contributed by atoms with Gasteiger partial charge in [0.1, 0.15) is 5.82 Å². The number of nitrogens with zero attached hydrogens (tertiary/aromatic N) is 3. The maximum absolute atomic E-state index is 11.8. The number of benzene rings is 1. The van der Waals surface area contributed by atoms with Crippen LogP contribution in [0.15, 0.2) is 23.4 Å². The van der Waals surface area contributed by atoms with Crippen LogP contribution in [0.2, 0.25) is 5.02 Å². The van der Waals surface area contributed by atoms with Gasteiger partial charge in [0.2, 0.25) is 11.1 Å². The van der Waals surface area contributed by atoms with Crippen molar-refractivity contribution in [2.45, 2.75) is 12.1 Å². The molecule has 10 heteroatoms. The number of anilines is 1. The Balaban J connectivity index is 1.99. The van der Waals surface area contributed by atoms with Crippen molar-refractivity contribution in [2.24, 2.45) is 0 Å². The van der Waals surface area contributed by atoms with Gasteiger partial charge in [-0.15, -0.1) is 5.10 Å². The highest BCUT2D eigenvalue weighted by Crippen LogP contribution is 2.27. The molecule has 0 saturated carbocycles. The van der Waals surface area contributed by atoms with Gasteiger partial charge in [0.15, 0.2) is 0 Å². The maximum atomic E-state index is 11.8. The average Bonchev–Trinajstić information content (AvgIpc) is 2.84. The van der Waals surface area contributed by atoms with E-state index in [4.69, 9.17) is 11.6 Å². The van der Waals surface area contributed by atoms with E-state index < -0.39 is 4.92 Å². The van der Waals surface area contributed by atoms with Crippen molar-refractivity contribution >= 4 is 40.6 Å². The molecule has 2 rings (SSSR count). The third-order valence-corrected chi connectivity index (χ3v) is 3.52. The quantitative estimate of drug-likeness (QED) is 0.495. The predicted octanol–water partition coefficient (Wildman–Crippen LogP) is 2.41. The first-order chi connectivity index (χ1) is 9.95. The number of aryl methyl sites for hydroxylation is 1. The largest absolute Gasteiger partial charge is 0.324 e. The van der Waals surface area contributed by atoms with Crippen LogP contribution >= 0.6 is 23.4 Å². The van der Waals surface area contributed by atoms with Crippen LogP contribution in [0.1, 0.15) is 5.82 Å². The maximum Gasteiger partial charge on any atom is 0.271 e. The summed E-state index contributed by atoms with van der Waals surface area (Å²) >= 11 is 7.03. The van der Waals surface area contributed by atoms with Crippen molar-refractivity contribution in [3.8, 4) is 0 Å². The standard InChI is InChI=1S/C11H10ClN5O3S/c1-6-13-11(16-15-6)21-5-10(18)14-9-4-7(17(19)20)2-3-8(9)12/h2-4H,5H2,1H3,(H,14,18)(H,13,15,16). The number of halogens is 1. The minimum Gasteiger partial charge on any atom is -0.324 e. The Morgan fingerprint density at radius 1 is 1.57 bits per heavy atom. The first kappa shape index (κ1) is 15.3. The smallest absolute Gasteiger partial charge is 0.271 e. The molecule has 0 saturated heterocycles. The molecule has 1 amide bonds. The Morgan fingerprint density at radius 3 is 2.95 bits per heavy atom. The molecule has 1 heterocycles. The van der Waals surface area contributed by atoms with Gasteiger partial charge in [-0.25, -0.2) is 4.98 Å². The molecule has 0 spiro atoms. The summed E-state index contributed by atoms with van der Waals surface area (Å²) in [5.74, 6) is 0.362. The SMILES string of the molecule is Cc1nc(SCC(=O)Nc2cc([N+](=O)[O-])ccc2Cl)n[nH]1. The lowest BCUT2D eigenvalue weighted by Gasteiger charge is -2.06. The fraction of sp³-hybridized carbons (Fsp3) is 0.182. The van der Waals surface area contributed by atoms with Gasteiger partial charge in [0.05, 0.1) is 21.4 Å². The fourth-order valence-electron chi connectivity index (χ4n) is 1.43. The first-order valence-corrected chi connectivity index (χ1v) is 7.07. The van der Waals surface area contributed by atoms with Crippen LogP contribution in [-0.2, 0) is 4.79 Å². The van der Waals surface area contributed by atoms with Gasteiger partial charge in [-0.1, -0.05) is 23.4 Å². The lowest BCUT2D eigenvalue weighted by Crippen LogP contribution is -2.14. The van der Waals surface area contributed by atoms with Crippen molar-refractivity contribution in [2.75, 3.05) is 11.1 Å². The molecule has 0 atom stereocenters. The molecule has 8 nitrogen and oxygen atoms in total. The van der Waals surface area contributed by atoms with Crippen molar-refractivity contribution in [1.29, 1.82) is 0 Å². The zero-order valence-corrected chi connectivity index (χ0v) is 12.4. The molecule has 2 aromatic rings. The van der Waals surface area contributed by atoms with E-state index in [-0.39, 0.29) is 28.1 Å². The Kier molecular flexibility index (Phi) is 4.76. The van der Waals surface area contributed by atoms with E-state index in [0.717, 1.165) is 11.8 Å². The Hall–Kier alpha value is -2.13. The van der Waals surface area contributed by atoms with Crippen LogP contribution in [0.25, 0.3) is 0 Å². The molecular formula is C11H10ClN5O3S. The number of nitrogens with one attached hydrogen (secondary N) is 2. The van der Waals surface area contributed by atoms with E-state index in [2.05, 4.69) is 20.5 Å². The van der Waals surface area contributed by atoms with Gasteiger partial charge < -0.3 is 5.32 Å². The average molecular weight is 328 g/mol. The topological polar surface area (TPSA) is 114 Å². The molecule has 0 aliphatic carbocycles. The molecular weight excluding hydrogens is 318 g/mol. The number of aromatic nitrogens is 3. The number of nitro benzene ring substituents is 1. The minimum absolute atomic E-state index is 0.0658. The highest BCUT2D eigenvalue weighted by molar-refractivity contribution is 7.99. The molecule has 0 bridgehead atoms.